The Morgan fingerprint density at radius 3 is 2.65 bits per heavy atom. The summed E-state index contributed by atoms with van der Waals surface area (Å²) < 4.78 is 0. The molecule has 0 saturated heterocycles. The van der Waals surface area contributed by atoms with Crippen LogP contribution in [0.4, 0.5) is 4.79 Å². The zero-order valence-corrected chi connectivity index (χ0v) is 10.6. The summed E-state index contributed by atoms with van der Waals surface area (Å²) in [5, 5.41) is 0. The molecule has 4 nitrogen and oxygen atoms in total. The van der Waals surface area contributed by atoms with Crippen LogP contribution >= 0.6 is 0 Å². The van der Waals surface area contributed by atoms with Crippen molar-refractivity contribution in [2.45, 2.75) is 38.6 Å². The summed E-state index contributed by atoms with van der Waals surface area (Å²) in [6.07, 6.45) is 4.79. The van der Waals surface area contributed by atoms with Crippen LogP contribution in [0.15, 0.2) is 17.6 Å². The maximum atomic E-state index is 11.9. The fraction of sp³-hybridized carbons (Fsp3) is 0.692. The lowest BCUT2D eigenvalue weighted by molar-refractivity contribution is 0.109. The van der Waals surface area contributed by atoms with Gasteiger partial charge in [0.25, 0.3) is 0 Å². The topological polar surface area (TPSA) is 58.7 Å². The van der Waals surface area contributed by atoms with Gasteiger partial charge in [-0.05, 0) is 31.1 Å². The van der Waals surface area contributed by atoms with E-state index in [0.29, 0.717) is 24.2 Å². The summed E-state index contributed by atoms with van der Waals surface area (Å²) in [6, 6.07) is -0.205. The van der Waals surface area contributed by atoms with E-state index in [2.05, 4.69) is 25.4 Å². The molecule has 94 valence electrons. The first-order chi connectivity index (χ1) is 7.99. The van der Waals surface area contributed by atoms with Gasteiger partial charge in [-0.1, -0.05) is 19.9 Å². The third-order valence-electron chi connectivity index (χ3n) is 3.93. The van der Waals surface area contributed by atoms with Crippen molar-refractivity contribution in [3.63, 3.8) is 0 Å². The van der Waals surface area contributed by atoms with Crippen molar-refractivity contribution in [1.82, 2.24) is 4.90 Å². The van der Waals surface area contributed by atoms with Gasteiger partial charge in [0.05, 0.1) is 0 Å². The van der Waals surface area contributed by atoms with Crippen LogP contribution in [0.5, 0.6) is 0 Å². The molecule has 2 rings (SSSR count). The van der Waals surface area contributed by atoms with Crippen LogP contribution in [0, 0.1) is 11.8 Å². The molecule has 2 amide bonds. The van der Waals surface area contributed by atoms with Gasteiger partial charge in [0.15, 0.2) is 0 Å². The first kappa shape index (κ1) is 12.1. The third kappa shape index (κ3) is 1.85. The summed E-state index contributed by atoms with van der Waals surface area (Å²) in [6.45, 7) is 8.69. The standard InChI is InChI=1S/C13H21N3O/c1-4-5-16-12(17)15-11(14)13(16)7-9(2)6-10(3)8-13/h4,9-10H,1,5-8H2,2-3H3,(H2,14,15,17). The number of urea groups is 1. The van der Waals surface area contributed by atoms with Crippen LogP contribution in [0.1, 0.15) is 33.1 Å². The van der Waals surface area contributed by atoms with E-state index in [1.807, 2.05) is 0 Å². The number of amidine groups is 1. The Labute approximate surface area is 103 Å². The summed E-state index contributed by atoms with van der Waals surface area (Å²) in [4.78, 5) is 17.6. The lowest BCUT2D eigenvalue weighted by Gasteiger charge is -2.45. The van der Waals surface area contributed by atoms with Crippen LogP contribution in [0.2, 0.25) is 0 Å². The number of hydrogen-bond donors (Lipinski definition) is 1. The van der Waals surface area contributed by atoms with E-state index in [4.69, 9.17) is 5.73 Å². The van der Waals surface area contributed by atoms with E-state index in [1.54, 1.807) is 11.0 Å². The lowest BCUT2D eigenvalue weighted by Crippen LogP contribution is -2.57. The van der Waals surface area contributed by atoms with E-state index in [1.165, 1.54) is 6.42 Å². The second kappa shape index (κ2) is 4.17. The Kier molecular flexibility index (Phi) is 2.98. The van der Waals surface area contributed by atoms with Gasteiger partial charge in [-0.3, -0.25) is 0 Å². The van der Waals surface area contributed by atoms with Crippen LogP contribution < -0.4 is 5.73 Å². The summed E-state index contributed by atoms with van der Waals surface area (Å²) >= 11 is 0. The highest BCUT2D eigenvalue weighted by atomic mass is 16.2. The number of aliphatic imine (C=N–C) groups is 1. The molecule has 0 radical (unpaired) electrons. The number of carbonyl (C=O) groups excluding carboxylic acids is 1. The van der Waals surface area contributed by atoms with Gasteiger partial charge in [-0.2, -0.15) is 4.99 Å². The van der Waals surface area contributed by atoms with Crippen LogP contribution in [-0.4, -0.2) is 28.9 Å². The molecule has 1 fully saturated rings. The molecule has 2 unspecified atom stereocenters. The molecule has 2 aliphatic rings. The largest absolute Gasteiger partial charge is 0.385 e. The Morgan fingerprint density at radius 1 is 1.53 bits per heavy atom. The first-order valence-electron chi connectivity index (χ1n) is 6.26. The molecule has 1 aliphatic carbocycles. The second-order valence-electron chi connectivity index (χ2n) is 5.56. The minimum atomic E-state index is -0.345. The summed E-state index contributed by atoms with van der Waals surface area (Å²) in [5.74, 6) is 1.65. The van der Waals surface area contributed by atoms with E-state index >= 15 is 0 Å². The first-order valence-corrected chi connectivity index (χ1v) is 6.26. The van der Waals surface area contributed by atoms with E-state index < -0.39 is 0 Å². The highest BCUT2D eigenvalue weighted by Crippen LogP contribution is 2.42. The van der Waals surface area contributed by atoms with E-state index in [9.17, 15) is 4.79 Å². The maximum Gasteiger partial charge on any atom is 0.346 e. The lowest BCUT2D eigenvalue weighted by atomic mass is 9.70. The fourth-order valence-electron chi connectivity index (χ4n) is 3.49. The average Bonchev–Trinajstić information content (AvgIpc) is 2.42. The van der Waals surface area contributed by atoms with Gasteiger partial charge in [0.1, 0.15) is 11.4 Å². The molecule has 1 spiro atoms. The number of nitrogens with two attached hydrogens (primary N) is 1. The molecular weight excluding hydrogens is 214 g/mol. The fourth-order valence-corrected chi connectivity index (χ4v) is 3.49. The van der Waals surface area contributed by atoms with Gasteiger partial charge in [-0.25, -0.2) is 4.79 Å². The number of amides is 2. The maximum absolute atomic E-state index is 11.9. The van der Waals surface area contributed by atoms with Crippen LogP contribution in [-0.2, 0) is 0 Å². The Hall–Kier alpha value is -1.32. The molecule has 0 aromatic rings. The van der Waals surface area contributed by atoms with E-state index in [-0.39, 0.29) is 11.6 Å². The Balaban J connectivity index is 2.34. The normalized spacial score (nSPS) is 37.4. The SMILES string of the molecule is C=CCN1C(=O)N=C(N)C12CC(C)CC(C)C2. The average molecular weight is 235 g/mol. The second-order valence-corrected chi connectivity index (χ2v) is 5.56. The quantitative estimate of drug-likeness (QED) is 0.746. The molecule has 17 heavy (non-hydrogen) atoms. The zero-order valence-electron chi connectivity index (χ0n) is 10.6. The number of rotatable bonds is 2. The molecule has 0 aromatic carbocycles. The molecular formula is C13H21N3O. The van der Waals surface area contributed by atoms with Crippen molar-refractivity contribution < 1.29 is 4.79 Å². The number of hydrogen-bond acceptors (Lipinski definition) is 2. The van der Waals surface area contributed by atoms with Crippen LogP contribution in [0.3, 0.4) is 0 Å². The highest BCUT2D eigenvalue weighted by Gasteiger charge is 2.51. The molecule has 0 bridgehead atoms. The zero-order chi connectivity index (χ0) is 12.6. The van der Waals surface area contributed by atoms with Crippen LogP contribution in [0.25, 0.3) is 0 Å². The minimum absolute atomic E-state index is 0.205. The predicted molar refractivity (Wildman–Crippen MR) is 68.8 cm³/mol. The van der Waals surface area contributed by atoms with Crippen molar-refractivity contribution >= 4 is 11.9 Å². The number of carbonyl (C=O) groups is 1. The smallest absolute Gasteiger partial charge is 0.346 e. The molecule has 0 aromatic heterocycles. The van der Waals surface area contributed by atoms with Crippen molar-refractivity contribution in [1.29, 1.82) is 0 Å². The monoisotopic (exact) mass is 235 g/mol. The molecule has 1 aliphatic heterocycles. The number of nitrogens with zero attached hydrogens (tertiary/aromatic N) is 2. The van der Waals surface area contributed by atoms with Crippen molar-refractivity contribution in [2.24, 2.45) is 22.6 Å². The van der Waals surface area contributed by atoms with Gasteiger partial charge >= 0.3 is 6.03 Å². The Bertz CT molecular complexity index is 365. The minimum Gasteiger partial charge on any atom is -0.385 e. The Morgan fingerprint density at radius 2 is 2.12 bits per heavy atom. The highest BCUT2D eigenvalue weighted by molar-refractivity contribution is 6.06. The molecule has 2 N–H and O–H groups in total. The molecule has 1 heterocycles. The van der Waals surface area contributed by atoms with Crippen molar-refractivity contribution in [2.75, 3.05) is 6.54 Å². The molecule has 4 heteroatoms. The van der Waals surface area contributed by atoms with Gasteiger partial charge in [0, 0.05) is 6.54 Å². The van der Waals surface area contributed by atoms with Gasteiger partial charge in [-0.15, -0.1) is 6.58 Å². The van der Waals surface area contributed by atoms with Gasteiger partial charge < -0.3 is 10.6 Å². The molecule has 2 atom stereocenters. The van der Waals surface area contributed by atoms with Gasteiger partial charge in [0.2, 0.25) is 0 Å². The van der Waals surface area contributed by atoms with Crippen molar-refractivity contribution in [3.05, 3.63) is 12.7 Å². The predicted octanol–water partition coefficient (Wildman–Crippen LogP) is 2.16. The molecule has 1 saturated carbocycles. The third-order valence-corrected chi connectivity index (χ3v) is 3.93. The summed E-state index contributed by atoms with van der Waals surface area (Å²) in [7, 11) is 0. The van der Waals surface area contributed by atoms with Crippen molar-refractivity contribution in [3.8, 4) is 0 Å². The van der Waals surface area contributed by atoms with E-state index in [0.717, 1.165) is 12.8 Å². The summed E-state index contributed by atoms with van der Waals surface area (Å²) in [5.41, 5.74) is 5.69.